The van der Waals surface area contributed by atoms with Gasteiger partial charge in [-0.1, -0.05) is 81.4 Å². The lowest BCUT2D eigenvalue weighted by atomic mass is 9.74. The largest absolute Gasteiger partial charge is 0.404 e. The van der Waals surface area contributed by atoms with E-state index in [9.17, 15) is 4.79 Å². The molecule has 0 unspecified atom stereocenters. The molecule has 170 valence electrons. The van der Waals surface area contributed by atoms with E-state index in [0.29, 0.717) is 12.8 Å². The molecule has 1 saturated carbocycles. The van der Waals surface area contributed by atoms with E-state index in [1.165, 1.54) is 10.4 Å². The molecular weight excluding hydrogens is 420 g/mol. The highest BCUT2D eigenvalue weighted by molar-refractivity contribution is 6.99. The first-order valence-electron chi connectivity index (χ1n) is 11.4. The maximum atomic E-state index is 13.2. The number of rotatable bonds is 4. The van der Waals surface area contributed by atoms with Crippen molar-refractivity contribution in [2.24, 2.45) is 0 Å². The number of hydrogen-bond acceptors (Lipinski definition) is 5. The van der Waals surface area contributed by atoms with E-state index < -0.39 is 32.1 Å². The second-order valence-corrected chi connectivity index (χ2v) is 15.0. The molecule has 0 aromatic heterocycles. The van der Waals surface area contributed by atoms with Crippen LogP contribution in [-0.2, 0) is 23.4 Å². The summed E-state index contributed by atoms with van der Waals surface area (Å²) < 4.78 is 24.9. The van der Waals surface area contributed by atoms with Gasteiger partial charge < -0.3 is 18.6 Å². The van der Waals surface area contributed by atoms with Crippen molar-refractivity contribution < 1.29 is 23.4 Å². The molecule has 3 aliphatic rings. The highest BCUT2D eigenvalue weighted by atomic mass is 28.4. The molecule has 2 saturated heterocycles. The van der Waals surface area contributed by atoms with Gasteiger partial charge in [-0.25, -0.2) is 0 Å². The van der Waals surface area contributed by atoms with Crippen LogP contribution < -0.4 is 10.4 Å². The van der Waals surface area contributed by atoms with Gasteiger partial charge in [-0.15, -0.1) is 0 Å². The Bertz CT molecular complexity index is 952. The molecule has 1 spiro atoms. The van der Waals surface area contributed by atoms with E-state index in [1.807, 2.05) is 26.0 Å². The smallest absolute Gasteiger partial charge is 0.261 e. The SMILES string of the molecule is CC1(C)O[C@@H]2C(=O)[C@]3(C[C@H](O[Si](c4ccccc4)(c4ccccc4)C(C)(C)C)C3)O[C@@H]2O1. The molecule has 0 bridgehead atoms. The number of fused-ring (bicyclic) bond motifs is 1. The second kappa shape index (κ2) is 7.34. The van der Waals surface area contributed by atoms with Gasteiger partial charge in [0.2, 0.25) is 0 Å². The third kappa shape index (κ3) is 3.32. The van der Waals surface area contributed by atoms with Gasteiger partial charge in [-0.05, 0) is 29.3 Å². The fourth-order valence-electron chi connectivity index (χ4n) is 5.53. The molecule has 2 aliphatic heterocycles. The molecule has 6 heteroatoms. The van der Waals surface area contributed by atoms with Crippen molar-refractivity contribution in [1.29, 1.82) is 0 Å². The van der Waals surface area contributed by atoms with Gasteiger partial charge in [0.1, 0.15) is 5.60 Å². The van der Waals surface area contributed by atoms with Crippen LogP contribution >= 0.6 is 0 Å². The Balaban J connectivity index is 1.44. The number of hydrogen-bond donors (Lipinski definition) is 0. The number of ketones is 1. The zero-order valence-corrected chi connectivity index (χ0v) is 20.5. The summed E-state index contributed by atoms with van der Waals surface area (Å²) in [5, 5.41) is 2.37. The third-order valence-electron chi connectivity index (χ3n) is 6.98. The van der Waals surface area contributed by atoms with E-state index in [2.05, 4.69) is 69.3 Å². The molecule has 2 atom stereocenters. The molecule has 3 fully saturated rings. The van der Waals surface area contributed by atoms with Crippen molar-refractivity contribution in [3.63, 3.8) is 0 Å². The lowest BCUT2D eigenvalue weighted by Crippen LogP contribution is -2.70. The summed E-state index contributed by atoms with van der Waals surface area (Å²) in [6.07, 6.45) is -0.241. The van der Waals surface area contributed by atoms with E-state index in [0.717, 1.165) is 0 Å². The summed E-state index contributed by atoms with van der Waals surface area (Å²) in [5.74, 6) is -0.795. The predicted molar refractivity (Wildman–Crippen MR) is 124 cm³/mol. The predicted octanol–water partition coefficient (Wildman–Crippen LogP) is 3.54. The Kier molecular flexibility index (Phi) is 5.04. The lowest BCUT2D eigenvalue weighted by Gasteiger charge is -2.51. The van der Waals surface area contributed by atoms with Crippen LogP contribution in [0.1, 0.15) is 47.5 Å². The minimum atomic E-state index is -2.65. The van der Waals surface area contributed by atoms with E-state index in [4.69, 9.17) is 18.6 Å². The van der Waals surface area contributed by atoms with Crippen molar-refractivity contribution in [2.75, 3.05) is 0 Å². The van der Waals surface area contributed by atoms with Crippen LogP contribution in [0.5, 0.6) is 0 Å². The topological polar surface area (TPSA) is 54.0 Å². The Labute approximate surface area is 191 Å². The first kappa shape index (κ1) is 22.0. The maximum absolute atomic E-state index is 13.2. The monoisotopic (exact) mass is 452 g/mol. The standard InChI is InChI=1S/C26H32O5Si/c1-24(2,3)32(19-12-8-6-9-13-19,20-14-10-7-11-15-20)31-18-16-26(17-18)22(27)21-23(30-26)29-25(4,5)28-21/h6-15,18,21,23H,16-17H2,1-5H3/t18-,21-,23+,26+/m1/s1. The average molecular weight is 453 g/mol. The van der Waals surface area contributed by atoms with E-state index in [-0.39, 0.29) is 16.9 Å². The van der Waals surface area contributed by atoms with Crippen LogP contribution in [0.15, 0.2) is 60.7 Å². The number of carbonyl (C=O) groups is 1. The van der Waals surface area contributed by atoms with Crippen molar-refractivity contribution >= 4 is 24.5 Å². The normalized spacial score (nSPS) is 31.5. The summed E-state index contributed by atoms with van der Waals surface area (Å²) in [7, 11) is -2.65. The minimum Gasteiger partial charge on any atom is -0.404 e. The highest BCUT2D eigenvalue weighted by Gasteiger charge is 2.67. The first-order valence-corrected chi connectivity index (χ1v) is 13.3. The molecule has 5 rings (SSSR count). The van der Waals surface area contributed by atoms with Gasteiger partial charge in [0.25, 0.3) is 8.32 Å². The van der Waals surface area contributed by atoms with Gasteiger partial charge in [-0.3, -0.25) is 4.79 Å². The lowest BCUT2D eigenvalue weighted by molar-refractivity contribution is -0.244. The maximum Gasteiger partial charge on any atom is 0.261 e. The van der Waals surface area contributed by atoms with Crippen LogP contribution in [-0.4, -0.2) is 44.0 Å². The summed E-state index contributed by atoms with van der Waals surface area (Å²) in [6, 6.07) is 21.2. The summed E-state index contributed by atoms with van der Waals surface area (Å²) >= 11 is 0. The molecule has 0 radical (unpaired) electrons. The van der Waals surface area contributed by atoms with Crippen molar-refractivity contribution in [2.45, 2.75) is 82.4 Å². The Morgan fingerprint density at radius 2 is 1.41 bits per heavy atom. The second-order valence-electron chi connectivity index (χ2n) is 10.7. The molecule has 5 nitrogen and oxygen atoms in total. The highest BCUT2D eigenvalue weighted by Crippen LogP contribution is 2.51. The summed E-state index contributed by atoms with van der Waals surface area (Å²) in [6.45, 7) is 10.4. The number of carbonyl (C=O) groups excluding carboxylic acids is 1. The van der Waals surface area contributed by atoms with E-state index in [1.54, 1.807) is 0 Å². The minimum absolute atomic E-state index is 0.00428. The van der Waals surface area contributed by atoms with Crippen LogP contribution in [0.4, 0.5) is 0 Å². The molecule has 32 heavy (non-hydrogen) atoms. The quantitative estimate of drug-likeness (QED) is 0.664. The zero-order valence-electron chi connectivity index (χ0n) is 19.5. The molecule has 0 N–H and O–H groups in total. The molecule has 2 heterocycles. The number of Topliss-reactive ketones (excluding diaryl/α,β-unsaturated/α-hetero) is 1. The average Bonchev–Trinajstić information content (AvgIpc) is 3.15. The van der Waals surface area contributed by atoms with Crippen LogP contribution in [0, 0.1) is 0 Å². The molecule has 1 aliphatic carbocycles. The molecular formula is C26H32O5Si. The van der Waals surface area contributed by atoms with Gasteiger partial charge in [0.15, 0.2) is 24.0 Å². The number of ether oxygens (including phenoxy) is 3. The fraction of sp³-hybridized carbons (Fsp3) is 0.500. The molecule has 2 aromatic carbocycles. The Hall–Kier alpha value is -1.83. The van der Waals surface area contributed by atoms with Crippen LogP contribution in [0.25, 0.3) is 0 Å². The number of benzene rings is 2. The zero-order chi connectivity index (χ0) is 22.8. The third-order valence-corrected chi connectivity index (χ3v) is 12.1. The van der Waals surface area contributed by atoms with Crippen LogP contribution in [0.3, 0.4) is 0 Å². The summed E-state index contributed by atoms with van der Waals surface area (Å²) in [5.41, 5.74) is -0.845. The van der Waals surface area contributed by atoms with E-state index >= 15 is 0 Å². The Morgan fingerprint density at radius 1 is 0.875 bits per heavy atom. The van der Waals surface area contributed by atoms with Gasteiger partial charge in [0.05, 0.1) is 6.10 Å². The summed E-state index contributed by atoms with van der Waals surface area (Å²) in [4.78, 5) is 13.2. The molecule has 0 amide bonds. The first-order chi connectivity index (χ1) is 15.1. The van der Waals surface area contributed by atoms with Crippen molar-refractivity contribution in [1.82, 2.24) is 0 Å². The van der Waals surface area contributed by atoms with Gasteiger partial charge in [-0.2, -0.15) is 0 Å². The fourth-order valence-corrected chi connectivity index (χ4v) is 10.2. The Morgan fingerprint density at radius 3 is 1.88 bits per heavy atom. The van der Waals surface area contributed by atoms with Crippen molar-refractivity contribution in [3.05, 3.63) is 60.7 Å². The van der Waals surface area contributed by atoms with Gasteiger partial charge >= 0.3 is 0 Å². The van der Waals surface area contributed by atoms with Gasteiger partial charge in [0, 0.05) is 12.8 Å². The van der Waals surface area contributed by atoms with Crippen molar-refractivity contribution in [3.8, 4) is 0 Å². The van der Waals surface area contributed by atoms with Crippen LogP contribution in [0.2, 0.25) is 5.04 Å². The molecule has 2 aromatic rings.